The van der Waals surface area contributed by atoms with Crippen molar-refractivity contribution in [3.63, 3.8) is 0 Å². The van der Waals surface area contributed by atoms with E-state index in [0.717, 1.165) is 5.56 Å². The largest absolute Gasteiger partial charge is 0.294 e. The van der Waals surface area contributed by atoms with E-state index >= 15 is 0 Å². The van der Waals surface area contributed by atoms with E-state index < -0.39 is 0 Å². The third-order valence-corrected chi connectivity index (χ3v) is 3.39. The van der Waals surface area contributed by atoms with Crippen molar-refractivity contribution < 1.29 is 4.79 Å². The fourth-order valence-electron chi connectivity index (χ4n) is 2.15. The molecule has 0 heterocycles. The zero-order valence-corrected chi connectivity index (χ0v) is 10.6. The molecule has 1 amide bonds. The molecule has 1 aromatic rings. The van der Waals surface area contributed by atoms with Crippen LogP contribution in [0.1, 0.15) is 40.7 Å². The molecule has 3 heteroatoms. The third-order valence-electron chi connectivity index (χ3n) is 3.39. The maximum atomic E-state index is 11.6. The van der Waals surface area contributed by atoms with Crippen molar-refractivity contribution in [3.8, 4) is 0 Å². The molecular weight excluding hydrogens is 200 g/mol. The fraction of sp³-hybridized carbons (Fsp3) is 0.462. The summed E-state index contributed by atoms with van der Waals surface area (Å²) in [5.74, 6) is 4.84. The number of aryl methyl sites for hydroxylation is 2. The molecule has 0 aliphatic rings. The second kappa shape index (κ2) is 4.66. The Balaban J connectivity index is 3.37. The van der Waals surface area contributed by atoms with E-state index in [4.69, 9.17) is 5.84 Å². The Morgan fingerprint density at radius 3 is 2.00 bits per heavy atom. The van der Waals surface area contributed by atoms with Crippen molar-refractivity contribution in [2.24, 2.45) is 5.84 Å². The van der Waals surface area contributed by atoms with Crippen molar-refractivity contribution in [3.05, 3.63) is 33.9 Å². The second-order valence-corrected chi connectivity index (χ2v) is 4.40. The lowest BCUT2D eigenvalue weighted by Crippen LogP contribution is -2.34. The minimum atomic E-state index is -0.205. The summed E-state index contributed by atoms with van der Waals surface area (Å²) in [5, 5.41) is 0. The van der Waals surface area contributed by atoms with Crippen molar-refractivity contribution in [1.29, 1.82) is 0 Å². The maximum absolute atomic E-state index is 11.6. The minimum absolute atomic E-state index is 0.142. The van der Waals surface area contributed by atoms with Gasteiger partial charge in [-0.2, -0.15) is 0 Å². The maximum Gasteiger partial charge on any atom is 0.241 e. The average molecular weight is 220 g/mol. The van der Waals surface area contributed by atoms with Crippen LogP contribution in [-0.4, -0.2) is 5.91 Å². The number of nitrogens with one attached hydrogen (secondary N) is 1. The van der Waals surface area contributed by atoms with Gasteiger partial charge in [-0.25, -0.2) is 5.84 Å². The zero-order valence-electron chi connectivity index (χ0n) is 10.6. The van der Waals surface area contributed by atoms with Crippen LogP contribution in [-0.2, 0) is 4.79 Å². The van der Waals surface area contributed by atoms with Crippen LogP contribution in [0.4, 0.5) is 0 Å². The molecule has 16 heavy (non-hydrogen) atoms. The van der Waals surface area contributed by atoms with Crippen molar-refractivity contribution >= 4 is 5.91 Å². The summed E-state index contributed by atoms with van der Waals surface area (Å²) in [5.41, 5.74) is 8.11. The quantitative estimate of drug-likeness (QED) is 0.455. The summed E-state index contributed by atoms with van der Waals surface area (Å²) >= 11 is 0. The number of hydrogen-bond donors (Lipinski definition) is 2. The highest BCUT2D eigenvalue weighted by Gasteiger charge is 2.20. The van der Waals surface area contributed by atoms with E-state index in [1.807, 2.05) is 6.92 Å². The molecule has 0 saturated heterocycles. The molecule has 0 fully saturated rings. The highest BCUT2D eigenvalue weighted by molar-refractivity contribution is 5.83. The van der Waals surface area contributed by atoms with Crippen molar-refractivity contribution in [1.82, 2.24) is 5.43 Å². The lowest BCUT2D eigenvalue weighted by molar-refractivity contribution is -0.122. The molecule has 0 aliphatic heterocycles. The molecule has 0 aromatic heterocycles. The van der Waals surface area contributed by atoms with Gasteiger partial charge in [0.05, 0.1) is 5.92 Å². The summed E-state index contributed by atoms with van der Waals surface area (Å²) < 4.78 is 0. The fourth-order valence-corrected chi connectivity index (χ4v) is 2.15. The van der Waals surface area contributed by atoms with Crippen LogP contribution >= 0.6 is 0 Å². The summed E-state index contributed by atoms with van der Waals surface area (Å²) in [7, 11) is 0. The molecule has 1 rings (SSSR count). The molecule has 1 aromatic carbocycles. The van der Waals surface area contributed by atoms with E-state index in [1.165, 1.54) is 22.3 Å². The number of rotatable bonds is 2. The Labute approximate surface area is 97.0 Å². The molecule has 1 unspecified atom stereocenters. The molecule has 0 spiro atoms. The SMILES string of the molecule is Cc1cc(C)c(C)c(C(C)C(=O)NN)c1C. The van der Waals surface area contributed by atoms with E-state index in [-0.39, 0.29) is 11.8 Å². The van der Waals surface area contributed by atoms with Gasteiger partial charge in [-0.15, -0.1) is 0 Å². The minimum Gasteiger partial charge on any atom is -0.294 e. The number of amides is 1. The van der Waals surface area contributed by atoms with Gasteiger partial charge in [0.2, 0.25) is 5.91 Å². The lowest BCUT2D eigenvalue weighted by Gasteiger charge is -2.19. The Morgan fingerprint density at radius 2 is 1.62 bits per heavy atom. The smallest absolute Gasteiger partial charge is 0.241 e. The lowest BCUT2D eigenvalue weighted by atomic mass is 9.86. The Hall–Kier alpha value is -1.35. The van der Waals surface area contributed by atoms with Crippen LogP contribution in [0.15, 0.2) is 6.07 Å². The van der Waals surface area contributed by atoms with Gasteiger partial charge in [-0.1, -0.05) is 6.07 Å². The molecule has 3 N–H and O–H groups in total. The van der Waals surface area contributed by atoms with Gasteiger partial charge in [0, 0.05) is 0 Å². The molecule has 0 saturated carbocycles. The number of carbonyl (C=O) groups excluding carboxylic acids is 1. The summed E-state index contributed by atoms with van der Waals surface area (Å²) in [6, 6.07) is 2.15. The predicted octanol–water partition coefficient (Wildman–Crippen LogP) is 2.01. The van der Waals surface area contributed by atoms with Gasteiger partial charge < -0.3 is 0 Å². The van der Waals surface area contributed by atoms with Crippen molar-refractivity contribution in [2.75, 3.05) is 0 Å². The van der Waals surface area contributed by atoms with Gasteiger partial charge >= 0.3 is 0 Å². The summed E-state index contributed by atoms with van der Waals surface area (Å²) in [6.45, 7) is 10.1. The molecule has 1 atom stereocenters. The first-order valence-electron chi connectivity index (χ1n) is 5.47. The number of hydrogen-bond acceptors (Lipinski definition) is 2. The zero-order chi connectivity index (χ0) is 12.5. The first-order chi connectivity index (χ1) is 7.40. The summed E-state index contributed by atoms with van der Waals surface area (Å²) in [6.07, 6.45) is 0. The number of benzene rings is 1. The topological polar surface area (TPSA) is 55.1 Å². The monoisotopic (exact) mass is 220 g/mol. The molecule has 0 radical (unpaired) electrons. The van der Waals surface area contributed by atoms with E-state index in [1.54, 1.807) is 0 Å². The molecule has 88 valence electrons. The van der Waals surface area contributed by atoms with E-state index in [2.05, 4.69) is 39.2 Å². The van der Waals surface area contributed by atoms with Crippen LogP contribution < -0.4 is 11.3 Å². The highest BCUT2D eigenvalue weighted by atomic mass is 16.2. The third kappa shape index (κ3) is 2.09. The van der Waals surface area contributed by atoms with Gasteiger partial charge in [0.15, 0.2) is 0 Å². The van der Waals surface area contributed by atoms with E-state index in [9.17, 15) is 4.79 Å². The van der Waals surface area contributed by atoms with Gasteiger partial charge in [0.1, 0.15) is 0 Å². The molecule has 0 bridgehead atoms. The first kappa shape index (κ1) is 12.7. The van der Waals surface area contributed by atoms with Crippen LogP contribution in [0.5, 0.6) is 0 Å². The van der Waals surface area contributed by atoms with Gasteiger partial charge in [0.25, 0.3) is 0 Å². The average Bonchev–Trinajstić information content (AvgIpc) is 2.25. The van der Waals surface area contributed by atoms with Crippen LogP contribution in [0.2, 0.25) is 0 Å². The summed E-state index contributed by atoms with van der Waals surface area (Å²) in [4.78, 5) is 11.6. The van der Waals surface area contributed by atoms with Crippen LogP contribution in [0.25, 0.3) is 0 Å². The first-order valence-corrected chi connectivity index (χ1v) is 5.47. The second-order valence-electron chi connectivity index (χ2n) is 4.40. The van der Waals surface area contributed by atoms with Gasteiger partial charge in [-0.3, -0.25) is 10.2 Å². The van der Waals surface area contributed by atoms with Gasteiger partial charge in [-0.05, 0) is 62.4 Å². The number of nitrogens with two attached hydrogens (primary N) is 1. The Bertz CT molecular complexity index is 398. The normalized spacial score (nSPS) is 12.4. The number of carbonyl (C=O) groups is 1. The molecular formula is C13H20N2O. The predicted molar refractivity (Wildman–Crippen MR) is 66.1 cm³/mol. The Kier molecular flexibility index (Phi) is 3.70. The van der Waals surface area contributed by atoms with Crippen LogP contribution in [0, 0.1) is 27.7 Å². The Morgan fingerprint density at radius 1 is 1.19 bits per heavy atom. The standard InChI is InChI=1S/C13H20N2O/c1-7-6-8(2)10(4)12(9(7)3)11(5)13(16)15-14/h6,11H,14H2,1-5H3,(H,15,16). The van der Waals surface area contributed by atoms with Crippen molar-refractivity contribution in [2.45, 2.75) is 40.5 Å². The van der Waals surface area contributed by atoms with E-state index in [0.29, 0.717) is 0 Å². The number of hydrazine groups is 1. The van der Waals surface area contributed by atoms with Crippen LogP contribution in [0.3, 0.4) is 0 Å². The molecule has 0 aliphatic carbocycles. The highest BCUT2D eigenvalue weighted by Crippen LogP contribution is 2.28. The molecule has 3 nitrogen and oxygen atoms in total.